The molecule has 1 atom stereocenters. The molecule has 172 valence electrons. The number of benzene rings is 2. The highest BCUT2D eigenvalue weighted by Crippen LogP contribution is 2.26. The van der Waals surface area contributed by atoms with Crippen molar-refractivity contribution >= 4 is 51.4 Å². The van der Waals surface area contributed by atoms with Crippen LogP contribution in [-0.4, -0.2) is 43.9 Å². The fraction of sp³-hybridized carbons (Fsp3) is 0.174. The molecule has 8 nitrogen and oxygen atoms in total. The van der Waals surface area contributed by atoms with Crippen LogP contribution in [0.4, 0.5) is 15.5 Å². The molecular weight excluding hydrogens is 462 g/mol. The van der Waals surface area contributed by atoms with Gasteiger partial charge in [0, 0.05) is 25.3 Å². The Kier molecular flexibility index (Phi) is 8.28. The molecule has 0 aliphatic heterocycles. The van der Waals surface area contributed by atoms with Crippen molar-refractivity contribution in [3.63, 3.8) is 0 Å². The molecule has 3 N–H and O–H groups in total. The monoisotopic (exact) mass is 485 g/mol. The van der Waals surface area contributed by atoms with E-state index in [4.69, 9.17) is 16.4 Å². The van der Waals surface area contributed by atoms with Gasteiger partial charge in [-0.3, -0.25) is 10.1 Å². The van der Waals surface area contributed by atoms with Gasteiger partial charge in [0.2, 0.25) is 0 Å². The zero-order chi connectivity index (χ0) is 23.8. The summed E-state index contributed by atoms with van der Waals surface area (Å²) in [5, 5.41) is 12.9. The van der Waals surface area contributed by atoms with E-state index in [9.17, 15) is 9.59 Å². The number of carbonyl (C=O) groups excluding carboxylic acids is 2. The first kappa shape index (κ1) is 24.1. The molecule has 0 radical (unpaired) electrons. The van der Waals surface area contributed by atoms with Crippen LogP contribution in [0.2, 0.25) is 4.34 Å². The van der Waals surface area contributed by atoms with E-state index in [-0.39, 0.29) is 5.91 Å². The van der Waals surface area contributed by atoms with Gasteiger partial charge in [-0.05, 0) is 42.0 Å². The van der Waals surface area contributed by atoms with Gasteiger partial charge in [-0.1, -0.05) is 47.1 Å². The molecule has 0 aliphatic rings. The Hall–Kier alpha value is -3.56. The fourth-order valence-corrected chi connectivity index (χ4v) is 3.94. The van der Waals surface area contributed by atoms with Gasteiger partial charge in [-0.25, -0.2) is 4.79 Å². The number of nitrogens with one attached hydrogen (secondary N) is 3. The summed E-state index contributed by atoms with van der Waals surface area (Å²) in [6.07, 6.45) is 0. The van der Waals surface area contributed by atoms with Crippen LogP contribution < -0.4 is 16.0 Å². The van der Waals surface area contributed by atoms with Crippen molar-refractivity contribution in [3.05, 3.63) is 82.2 Å². The predicted molar refractivity (Wildman–Crippen MR) is 133 cm³/mol. The van der Waals surface area contributed by atoms with Gasteiger partial charge in [0.25, 0.3) is 5.91 Å². The number of amides is 3. The molecule has 0 saturated heterocycles. The highest BCUT2D eigenvalue weighted by atomic mass is 35.5. The normalized spacial score (nSPS) is 11.9. The van der Waals surface area contributed by atoms with Gasteiger partial charge in [-0.15, -0.1) is 11.3 Å². The van der Waals surface area contributed by atoms with E-state index in [1.165, 1.54) is 18.4 Å². The molecule has 0 fully saturated rings. The van der Waals surface area contributed by atoms with Gasteiger partial charge in [0.1, 0.15) is 13.2 Å². The number of halogens is 1. The zero-order valence-corrected chi connectivity index (χ0v) is 19.9. The molecule has 1 aromatic heterocycles. The minimum absolute atomic E-state index is 0.383. The number of thiophene rings is 1. The highest BCUT2D eigenvalue weighted by Gasteiger charge is 2.23. The lowest BCUT2D eigenvalue weighted by atomic mass is 10.1. The fourth-order valence-electron chi connectivity index (χ4n) is 3.00. The van der Waals surface area contributed by atoms with E-state index >= 15 is 0 Å². The Morgan fingerprint density at radius 3 is 2.27 bits per heavy atom. The van der Waals surface area contributed by atoms with Crippen molar-refractivity contribution < 1.29 is 14.4 Å². The summed E-state index contributed by atoms with van der Waals surface area (Å²) < 4.78 is 0.555. The van der Waals surface area contributed by atoms with E-state index in [0.717, 1.165) is 5.56 Å². The molecule has 0 saturated carbocycles. The molecule has 1 unspecified atom stereocenters. The first-order chi connectivity index (χ1) is 15.9. The summed E-state index contributed by atoms with van der Waals surface area (Å²) >= 11 is 7.15. The van der Waals surface area contributed by atoms with Gasteiger partial charge < -0.3 is 20.4 Å². The quantitative estimate of drug-likeness (QED) is 0.255. The van der Waals surface area contributed by atoms with Gasteiger partial charge in [0.05, 0.1) is 9.34 Å². The lowest BCUT2D eigenvalue weighted by molar-refractivity contribution is -0.118. The lowest BCUT2D eigenvalue weighted by Crippen LogP contribution is -2.39. The standard InChI is InChI=1S/C23H24ClN5O3S/c1-29(2)21(28-32-3)16-9-11-17(12-10-16)25-22(30)20(15-7-5-4-6-8-15)27-23(31)26-19-14-13-18(24)33-19/h4-14,20H,1-3H3,(H,25,30)(H2,26,27,31). The summed E-state index contributed by atoms with van der Waals surface area (Å²) in [5.41, 5.74) is 2.05. The van der Waals surface area contributed by atoms with Crippen LogP contribution in [0, 0.1) is 0 Å². The smallest absolute Gasteiger partial charge is 0.320 e. The predicted octanol–water partition coefficient (Wildman–Crippen LogP) is 4.77. The van der Waals surface area contributed by atoms with Crippen LogP contribution in [0.3, 0.4) is 0 Å². The topological polar surface area (TPSA) is 95.1 Å². The Bertz CT molecular complexity index is 1120. The number of hydrogen-bond acceptors (Lipinski definition) is 5. The van der Waals surface area contributed by atoms with Crippen molar-refractivity contribution in [2.75, 3.05) is 31.8 Å². The molecule has 0 bridgehead atoms. The number of carbonyl (C=O) groups is 2. The Morgan fingerprint density at radius 1 is 1.00 bits per heavy atom. The molecule has 1 heterocycles. The van der Waals surface area contributed by atoms with E-state index in [1.807, 2.05) is 37.2 Å². The molecule has 0 spiro atoms. The first-order valence-electron chi connectivity index (χ1n) is 9.95. The second-order valence-electron chi connectivity index (χ2n) is 7.10. The van der Waals surface area contributed by atoms with Crippen molar-refractivity contribution in [2.45, 2.75) is 6.04 Å². The molecule has 3 rings (SSSR count). The van der Waals surface area contributed by atoms with Gasteiger partial charge >= 0.3 is 6.03 Å². The number of anilines is 2. The summed E-state index contributed by atoms with van der Waals surface area (Å²) in [6, 6.07) is 18.1. The lowest BCUT2D eigenvalue weighted by Gasteiger charge is -2.19. The first-order valence-corrected chi connectivity index (χ1v) is 11.1. The second-order valence-corrected chi connectivity index (χ2v) is 8.82. The van der Waals surface area contributed by atoms with E-state index < -0.39 is 12.1 Å². The maximum Gasteiger partial charge on any atom is 0.320 e. The van der Waals surface area contributed by atoms with Crippen LogP contribution in [-0.2, 0) is 9.63 Å². The largest absolute Gasteiger partial charge is 0.397 e. The molecule has 3 aromatic rings. The molecule has 2 aromatic carbocycles. The van der Waals surface area contributed by atoms with Crippen molar-refractivity contribution in [1.82, 2.24) is 10.2 Å². The van der Waals surface area contributed by atoms with Gasteiger partial charge in [-0.2, -0.15) is 0 Å². The van der Waals surface area contributed by atoms with Crippen LogP contribution in [0.25, 0.3) is 0 Å². The number of amidine groups is 1. The third-order valence-electron chi connectivity index (χ3n) is 4.49. The molecule has 3 amide bonds. The average Bonchev–Trinajstić information content (AvgIpc) is 3.21. The molecular formula is C23H24ClN5O3S. The highest BCUT2D eigenvalue weighted by molar-refractivity contribution is 7.20. The number of oxime groups is 1. The number of rotatable bonds is 7. The maximum atomic E-state index is 13.1. The summed E-state index contributed by atoms with van der Waals surface area (Å²) in [4.78, 5) is 32.4. The molecule has 0 aliphatic carbocycles. The number of hydrogen-bond donors (Lipinski definition) is 3. The zero-order valence-electron chi connectivity index (χ0n) is 18.3. The van der Waals surface area contributed by atoms with Crippen molar-refractivity contribution in [1.29, 1.82) is 0 Å². The van der Waals surface area contributed by atoms with E-state index in [0.29, 0.717) is 26.4 Å². The van der Waals surface area contributed by atoms with Crippen LogP contribution in [0.5, 0.6) is 0 Å². The Balaban J connectivity index is 1.75. The van der Waals surface area contributed by atoms with Crippen LogP contribution in [0.1, 0.15) is 17.2 Å². The Morgan fingerprint density at radius 2 is 1.70 bits per heavy atom. The van der Waals surface area contributed by atoms with Crippen molar-refractivity contribution in [2.24, 2.45) is 5.16 Å². The molecule has 33 heavy (non-hydrogen) atoms. The minimum atomic E-state index is -0.909. The number of urea groups is 1. The molecule has 10 heteroatoms. The SMILES string of the molecule is CON=C(c1ccc(NC(=O)C(NC(=O)Nc2ccc(Cl)s2)c2ccccc2)cc1)N(C)C. The average molecular weight is 486 g/mol. The summed E-state index contributed by atoms with van der Waals surface area (Å²) in [7, 11) is 5.20. The van der Waals surface area contributed by atoms with Crippen LogP contribution in [0.15, 0.2) is 71.9 Å². The van der Waals surface area contributed by atoms with Gasteiger partial charge in [0.15, 0.2) is 5.84 Å². The van der Waals surface area contributed by atoms with E-state index in [2.05, 4.69) is 21.1 Å². The number of nitrogens with zero attached hydrogens (tertiary/aromatic N) is 2. The Labute approximate surface area is 201 Å². The third kappa shape index (κ3) is 6.71. The van der Waals surface area contributed by atoms with Crippen molar-refractivity contribution in [3.8, 4) is 0 Å². The minimum Gasteiger partial charge on any atom is -0.397 e. The van der Waals surface area contributed by atoms with Crippen LogP contribution >= 0.6 is 22.9 Å². The maximum absolute atomic E-state index is 13.1. The van der Waals surface area contributed by atoms with E-state index in [1.54, 1.807) is 48.5 Å². The summed E-state index contributed by atoms with van der Waals surface area (Å²) in [5.74, 6) is 0.260. The summed E-state index contributed by atoms with van der Waals surface area (Å²) in [6.45, 7) is 0. The third-order valence-corrected chi connectivity index (χ3v) is 5.64. The second kappa shape index (κ2) is 11.3.